The molecule has 4 nitrogen and oxygen atoms in total. The van der Waals surface area contributed by atoms with Gasteiger partial charge in [0.2, 0.25) is 5.91 Å². The second-order valence-corrected chi connectivity index (χ2v) is 5.34. The number of nitrogens with one attached hydrogen (secondary N) is 1. The maximum absolute atomic E-state index is 12.1. The summed E-state index contributed by atoms with van der Waals surface area (Å²) in [7, 11) is 0. The molecule has 2 rings (SSSR count). The fourth-order valence-corrected chi connectivity index (χ4v) is 2.63. The fourth-order valence-electron chi connectivity index (χ4n) is 2.63. The fraction of sp³-hybridized carbons (Fsp3) is 0.562. The molecule has 0 bridgehead atoms. The Morgan fingerprint density at radius 3 is 2.60 bits per heavy atom. The van der Waals surface area contributed by atoms with Crippen LogP contribution in [0.25, 0.3) is 0 Å². The highest BCUT2D eigenvalue weighted by molar-refractivity contribution is 5.86. The summed E-state index contributed by atoms with van der Waals surface area (Å²) in [5, 5.41) is 3.27. The van der Waals surface area contributed by atoms with Gasteiger partial charge in [0.1, 0.15) is 5.54 Å². The standard InChI is InChI=1S/C16H24N2O2/c1-2-18-16(15(17)19,13-7-4-3-5-8-13)11-12-20-14-9-6-10-14/h3-5,7-8,14,18H,2,6,9-12H2,1H3,(H2,17,19). The number of primary amides is 1. The molecule has 0 spiro atoms. The zero-order valence-electron chi connectivity index (χ0n) is 12.1. The zero-order valence-corrected chi connectivity index (χ0v) is 12.1. The number of carbonyl (C=O) groups is 1. The van der Waals surface area contributed by atoms with E-state index in [1.165, 1.54) is 6.42 Å². The summed E-state index contributed by atoms with van der Waals surface area (Å²) in [4.78, 5) is 12.1. The van der Waals surface area contributed by atoms with E-state index in [-0.39, 0.29) is 5.91 Å². The molecule has 1 saturated carbocycles. The van der Waals surface area contributed by atoms with Crippen molar-refractivity contribution >= 4 is 5.91 Å². The second-order valence-electron chi connectivity index (χ2n) is 5.34. The first-order valence-electron chi connectivity index (χ1n) is 7.41. The van der Waals surface area contributed by atoms with E-state index >= 15 is 0 Å². The molecule has 0 saturated heterocycles. The summed E-state index contributed by atoms with van der Waals surface area (Å²) in [6.07, 6.45) is 4.46. The average molecular weight is 276 g/mol. The third-order valence-corrected chi connectivity index (χ3v) is 4.05. The monoisotopic (exact) mass is 276 g/mol. The average Bonchev–Trinajstić information content (AvgIpc) is 2.41. The Morgan fingerprint density at radius 1 is 1.40 bits per heavy atom. The first kappa shape index (κ1) is 15.0. The van der Waals surface area contributed by atoms with E-state index in [0.29, 0.717) is 25.7 Å². The minimum absolute atomic E-state index is 0.345. The molecule has 1 amide bonds. The van der Waals surface area contributed by atoms with Crippen molar-refractivity contribution in [1.82, 2.24) is 5.32 Å². The van der Waals surface area contributed by atoms with Crippen molar-refractivity contribution < 1.29 is 9.53 Å². The van der Waals surface area contributed by atoms with Gasteiger partial charge >= 0.3 is 0 Å². The van der Waals surface area contributed by atoms with Crippen LogP contribution in [0.15, 0.2) is 30.3 Å². The molecular weight excluding hydrogens is 252 g/mol. The minimum atomic E-state index is -0.834. The lowest BCUT2D eigenvalue weighted by atomic mass is 9.85. The Bertz CT molecular complexity index is 431. The Morgan fingerprint density at radius 2 is 2.10 bits per heavy atom. The van der Waals surface area contributed by atoms with E-state index in [2.05, 4.69) is 5.32 Å². The highest BCUT2D eigenvalue weighted by Crippen LogP contribution is 2.27. The van der Waals surface area contributed by atoms with Gasteiger partial charge in [-0.25, -0.2) is 0 Å². The van der Waals surface area contributed by atoms with Crippen LogP contribution in [0.4, 0.5) is 0 Å². The van der Waals surface area contributed by atoms with Crippen molar-refractivity contribution in [3.63, 3.8) is 0 Å². The maximum atomic E-state index is 12.1. The Balaban J connectivity index is 2.11. The quantitative estimate of drug-likeness (QED) is 0.762. The van der Waals surface area contributed by atoms with Crippen LogP contribution in [-0.4, -0.2) is 25.2 Å². The van der Waals surface area contributed by atoms with Gasteiger partial charge in [-0.3, -0.25) is 10.1 Å². The summed E-state index contributed by atoms with van der Waals surface area (Å²) in [5.41, 5.74) is 5.77. The van der Waals surface area contributed by atoms with Crippen molar-refractivity contribution in [1.29, 1.82) is 0 Å². The SMILES string of the molecule is CCNC(CCOC1CCC1)(C(N)=O)c1ccccc1. The van der Waals surface area contributed by atoms with Crippen LogP contribution in [0.3, 0.4) is 0 Å². The number of likely N-dealkylation sites (N-methyl/N-ethyl adjacent to an activating group) is 1. The second kappa shape index (κ2) is 6.86. The Labute approximate surface area is 120 Å². The lowest BCUT2D eigenvalue weighted by Gasteiger charge is -2.33. The van der Waals surface area contributed by atoms with Crippen molar-refractivity contribution in [3.05, 3.63) is 35.9 Å². The van der Waals surface area contributed by atoms with E-state index in [0.717, 1.165) is 18.4 Å². The number of nitrogens with two attached hydrogens (primary N) is 1. The van der Waals surface area contributed by atoms with E-state index in [9.17, 15) is 4.79 Å². The van der Waals surface area contributed by atoms with Gasteiger partial charge in [-0.05, 0) is 31.4 Å². The van der Waals surface area contributed by atoms with Gasteiger partial charge in [0.25, 0.3) is 0 Å². The number of carbonyl (C=O) groups excluding carboxylic acids is 1. The highest BCUT2D eigenvalue weighted by atomic mass is 16.5. The van der Waals surface area contributed by atoms with Gasteiger partial charge in [0, 0.05) is 13.0 Å². The Hall–Kier alpha value is -1.39. The number of hydrogen-bond donors (Lipinski definition) is 2. The smallest absolute Gasteiger partial charge is 0.242 e. The first-order valence-corrected chi connectivity index (χ1v) is 7.41. The number of ether oxygens (including phenoxy) is 1. The van der Waals surface area contributed by atoms with Gasteiger partial charge in [-0.1, -0.05) is 37.3 Å². The number of hydrogen-bond acceptors (Lipinski definition) is 3. The molecule has 0 aromatic heterocycles. The molecule has 4 heteroatoms. The van der Waals surface area contributed by atoms with Crippen LogP contribution in [0.2, 0.25) is 0 Å². The summed E-state index contributed by atoms with van der Waals surface area (Å²) < 4.78 is 5.80. The van der Waals surface area contributed by atoms with Gasteiger partial charge in [-0.2, -0.15) is 0 Å². The van der Waals surface area contributed by atoms with Crippen LogP contribution in [-0.2, 0) is 15.1 Å². The van der Waals surface area contributed by atoms with E-state index < -0.39 is 5.54 Å². The van der Waals surface area contributed by atoms with Crippen molar-refractivity contribution in [2.24, 2.45) is 5.73 Å². The van der Waals surface area contributed by atoms with E-state index in [1.54, 1.807) is 0 Å². The predicted octanol–water partition coefficient (Wildman–Crippen LogP) is 1.94. The normalized spacial score (nSPS) is 18.2. The van der Waals surface area contributed by atoms with Crippen LogP contribution in [0.5, 0.6) is 0 Å². The molecule has 0 radical (unpaired) electrons. The molecule has 20 heavy (non-hydrogen) atoms. The molecule has 3 N–H and O–H groups in total. The molecule has 1 fully saturated rings. The lowest BCUT2D eigenvalue weighted by molar-refractivity contribution is -0.126. The molecule has 1 aromatic carbocycles. The molecular formula is C16H24N2O2. The maximum Gasteiger partial charge on any atom is 0.242 e. The van der Waals surface area contributed by atoms with Gasteiger partial charge in [0.15, 0.2) is 0 Å². The largest absolute Gasteiger partial charge is 0.378 e. The number of rotatable bonds is 8. The molecule has 1 aliphatic carbocycles. The molecule has 1 atom stereocenters. The summed E-state index contributed by atoms with van der Waals surface area (Å²) in [6, 6.07) is 9.67. The molecule has 1 aliphatic rings. The summed E-state index contributed by atoms with van der Waals surface area (Å²) in [5.74, 6) is -0.345. The van der Waals surface area contributed by atoms with Gasteiger partial charge in [-0.15, -0.1) is 0 Å². The summed E-state index contributed by atoms with van der Waals surface area (Å²) >= 11 is 0. The van der Waals surface area contributed by atoms with Crippen molar-refractivity contribution in [3.8, 4) is 0 Å². The third kappa shape index (κ3) is 3.19. The minimum Gasteiger partial charge on any atom is -0.378 e. The zero-order chi connectivity index (χ0) is 14.4. The van der Waals surface area contributed by atoms with Crippen molar-refractivity contribution in [2.45, 2.75) is 44.2 Å². The van der Waals surface area contributed by atoms with Crippen LogP contribution in [0.1, 0.15) is 38.2 Å². The third-order valence-electron chi connectivity index (χ3n) is 4.05. The van der Waals surface area contributed by atoms with E-state index in [1.807, 2.05) is 37.3 Å². The molecule has 0 heterocycles. The van der Waals surface area contributed by atoms with Crippen LogP contribution >= 0.6 is 0 Å². The lowest BCUT2D eigenvalue weighted by Crippen LogP contribution is -2.53. The van der Waals surface area contributed by atoms with Gasteiger partial charge < -0.3 is 10.5 Å². The van der Waals surface area contributed by atoms with Crippen molar-refractivity contribution in [2.75, 3.05) is 13.2 Å². The molecule has 0 aliphatic heterocycles. The highest BCUT2D eigenvalue weighted by Gasteiger charge is 2.37. The number of amides is 1. The molecule has 110 valence electrons. The predicted molar refractivity (Wildman–Crippen MR) is 79.2 cm³/mol. The topological polar surface area (TPSA) is 64.3 Å². The molecule has 1 unspecified atom stereocenters. The first-order chi connectivity index (χ1) is 9.69. The van der Waals surface area contributed by atoms with E-state index in [4.69, 9.17) is 10.5 Å². The Kier molecular flexibility index (Phi) is 5.15. The van der Waals surface area contributed by atoms with Gasteiger partial charge in [0.05, 0.1) is 6.10 Å². The molecule has 1 aromatic rings. The summed E-state index contributed by atoms with van der Waals surface area (Å²) in [6.45, 7) is 3.21. The van der Waals surface area contributed by atoms with Crippen LogP contribution < -0.4 is 11.1 Å². The number of benzene rings is 1. The van der Waals surface area contributed by atoms with Crippen LogP contribution in [0, 0.1) is 0 Å².